The van der Waals surface area contributed by atoms with Crippen LogP contribution in [0.5, 0.6) is 0 Å². The van der Waals surface area contributed by atoms with E-state index in [-0.39, 0.29) is 15.2 Å². The summed E-state index contributed by atoms with van der Waals surface area (Å²) in [6.07, 6.45) is 6.19. The van der Waals surface area contributed by atoms with Crippen molar-refractivity contribution in [2.24, 2.45) is 0 Å². The molecule has 0 aliphatic heterocycles. The topological polar surface area (TPSA) is 70.0 Å². The second-order valence-corrected chi connectivity index (χ2v) is 8.21. The van der Waals surface area contributed by atoms with Gasteiger partial charge in [-0.25, -0.2) is 17.5 Å². The molecule has 1 aliphatic rings. The zero-order valence-electron chi connectivity index (χ0n) is 11.7. The molecule has 0 saturated heterocycles. The van der Waals surface area contributed by atoms with Crippen molar-refractivity contribution in [1.82, 2.24) is 4.72 Å². The van der Waals surface area contributed by atoms with E-state index in [0.717, 1.165) is 37.8 Å². The van der Waals surface area contributed by atoms with Gasteiger partial charge in [-0.1, -0.05) is 12.8 Å². The Morgan fingerprint density at radius 1 is 1.43 bits per heavy atom. The van der Waals surface area contributed by atoms with Gasteiger partial charge in [0.05, 0.1) is 10.5 Å². The second-order valence-electron chi connectivity index (χ2n) is 5.17. The van der Waals surface area contributed by atoms with Crippen molar-refractivity contribution in [2.75, 3.05) is 12.8 Å². The molecule has 0 heterocycles. The van der Waals surface area contributed by atoms with E-state index in [2.05, 4.69) is 4.72 Å². The number of hydrogen-bond acceptors (Lipinski definition) is 4. The van der Waals surface area contributed by atoms with E-state index >= 15 is 0 Å². The number of benzene rings is 1. The maximum absolute atomic E-state index is 13.3. The molecule has 1 saturated carbocycles. The molecule has 4 nitrogen and oxygen atoms in total. The standard InChI is InChI=1S/C14H17FN2O2S2/c1-20-14(6-2-3-7-14)10-17-21(18,19)12-4-5-13(15)11(8-12)9-16/h4-5,8,17H,2-3,6-7,10H2,1H3. The van der Waals surface area contributed by atoms with Crippen LogP contribution in [0.2, 0.25) is 0 Å². The molecule has 0 atom stereocenters. The smallest absolute Gasteiger partial charge is 0.210 e. The first-order valence-corrected chi connectivity index (χ1v) is 9.38. The first-order chi connectivity index (χ1) is 9.92. The summed E-state index contributed by atoms with van der Waals surface area (Å²) in [6.45, 7) is 0.357. The van der Waals surface area contributed by atoms with Crippen molar-refractivity contribution in [3.05, 3.63) is 29.6 Å². The molecular formula is C14H17FN2O2S2. The summed E-state index contributed by atoms with van der Waals surface area (Å²) in [4.78, 5) is -0.0744. The lowest BCUT2D eigenvalue weighted by atomic mass is 10.1. The maximum Gasteiger partial charge on any atom is 0.240 e. The second kappa shape index (κ2) is 6.34. The van der Waals surface area contributed by atoms with Crippen molar-refractivity contribution in [2.45, 2.75) is 35.3 Å². The zero-order valence-corrected chi connectivity index (χ0v) is 13.4. The molecule has 7 heteroatoms. The lowest BCUT2D eigenvalue weighted by molar-refractivity contribution is 0.550. The fraction of sp³-hybridized carbons (Fsp3) is 0.500. The largest absolute Gasteiger partial charge is 0.240 e. The minimum absolute atomic E-state index is 0.0504. The summed E-state index contributed by atoms with van der Waals surface area (Å²) in [5.41, 5.74) is -0.265. The Hall–Kier alpha value is -1.10. The van der Waals surface area contributed by atoms with Crippen LogP contribution in [0, 0.1) is 17.1 Å². The van der Waals surface area contributed by atoms with E-state index in [1.165, 1.54) is 6.07 Å². The van der Waals surface area contributed by atoms with Crippen LogP contribution in [-0.4, -0.2) is 26.0 Å². The van der Waals surface area contributed by atoms with Crippen molar-refractivity contribution < 1.29 is 12.8 Å². The first kappa shape index (κ1) is 16.3. The van der Waals surface area contributed by atoms with E-state index in [1.54, 1.807) is 17.8 Å². The van der Waals surface area contributed by atoms with Crippen LogP contribution in [0.15, 0.2) is 23.1 Å². The van der Waals surface area contributed by atoms with Gasteiger partial charge in [-0.3, -0.25) is 0 Å². The summed E-state index contributed by atoms with van der Waals surface area (Å²) >= 11 is 1.69. The molecule has 1 aromatic carbocycles. The van der Waals surface area contributed by atoms with Gasteiger partial charge in [-0.15, -0.1) is 0 Å². The summed E-state index contributed by atoms with van der Waals surface area (Å²) in [5.74, 6) is -0.715. The fourth-order valence-corrected chi connectivity index (χ4v) is 4.70. The Bertz CT molecular complexity index is 662. The van der Waals surface area contributed by atoms with Crippen LogP contribution in [0.3, 0.4) is 0 Å². The molecule has 0 aromatic heterocycles. The number of sulfonamides is 1. The average molecular weight is 328 g/mol. The third kappa shape index (κ3) is 3.57. The van der Waals surface area contributed by atoms with Gasteiger partial charge in [-0.05, 0) is 37.3 Å². The quantitative estimate of drug-likeness (QED) is 0.902. The van der Waals surface area contributed by atoms with E-state index in [1.807, 2.05) is 6.26 Å². The molecule has 2 rings (SSSR count). The number of nitrogens with zero attached hydrogens (tertiary/aromatic N) is 1. The molecule has 114 valence electrons. The number of rotatable bonds is 5. The molecule has 0 radical (unpaired) electrons. The predicted octanol–water partition coefficient (Wildman–Crippen LogP) is 2.65. The highest BCUT2D eigenvalue weighted by Crippen LogP contribution is 2.39. The number of halogens is 1. The van der Waals surface area contributed by atoms with Crippen LogP contribution >= 0.6 is 11.8 Å². The molecular weight excluding hydrogens is 311 g/mol. The molecule has 1 aliphatic carbocycles. The lowest BCUT2D eigenvalue weighted by Gasteiger charge is -2.26. The van der Waals surface area contributed by atoms with E-state index in [0.29, 0.717) is 6.54 Å². The van der Waals surface area contributed by atoms with Gasteiger partial charge in [0.25, 0.3) is 0 Å². The normalized spacial score (nSPS) is 17.6. The minimum atomic E-state index is -3.73. The van der Waals surface area contributed by atoms with Crippen molar-refractivity contribution in [3.63, 3.8) is 0 Å². The number of nitriles is 1. The van der Waals surface area contributed by atoms with Crippen molar-refractivity contribution in [3.8, 4) is 6.07 Å². The predicted molar refractivity (Wildman–Crippen MR) is 81.0 cm³/mol. The van der Waals surface area contributed by atoms with Crippen LogP contribution < -0.4 is 4.72 Å². The molecule has 1 N–H and O–H groups in total. The Morgan fingerprint density at radius 3 is 2.67 bits per heavy atom. The monoisotopic (exact) mass is 328 g/mol. The summed E-state index contributed by atoms with van der Waals surface area (Å²) in [7, 11) is -3.73. The van der Waals surface area contributed by atoms with E-state index < -0.39 is 15.8 Å². The number of nitrogens with one attached hydrogen (secondary N) is 1. The first-order valence-electron chi connectivity index (χ1n) is 6.67. The van der Waals surface area contributed by atoms with E-state index in [4.69, 9.17) is 5.26 Å². The molecule has 1 aromatic rings. The van der Waals surface area contributed by atoms with Gasteiger partial charge in [0.1, 0.15) is 11.9 Å². The fourth-order valence-electron chi connectivity index (χ4n) is 2.54. The molecule has 1 fully saturated rings. The van der Waals surface area contributed by atoms with Gasteiger partial charge in [-0.2, -0.15) is 17.0 Å². The van der Waals surface area contributed by atoms with Gasteiger partial charge >= 0.3 is 0 Å². The third-order valence-corrected chi connectivity index (χ3v) is 6.72. The molecule has 0 unspecified atom stereocenters. The summed E-state index contributed by atoms with van der Waals surface area (Å²) in [6, 6.07) is 4.91. The Morgan fingerprint density at radius 2 is 2.10 bits per heavy atom. The maximum atomic E-state index is 13.3. The lowest BCUT2D eigenvalue weighted by Crippen LogP contribution is -2.38. The van der Waals surface area contributed by atoms with Gasteiger partial charge < -0.3 is 0 Å². The average Bonchev–Trinajstić information content (AvgIpc) is 2.95. The Labute approximate surface area is 128 Å². The highest BCUT2D eigenvalue weighted by atomic mass is 32.2. The number of hydrogen-bond donors (Lipinski definition) is 1. The highest BCUT2D eigenvalue weighted by molar-refractivity contribution is 8.00. The van der Waals surface area contributed by atoms with E-state index in [9.17, 15) is 12.8 Å². The zero-order chi connectivity index (χ0) is 15.5. The van der Waals surface area contributed by atoms with Crippen molar-refractivity contribution in [1.29, 1.82) is 5.26 Å². The van der Waals surface area contributed by atoms with Gasteiger partial charge in [0.15, 0.2) is 0 Å². The number of thioether (sulfide) groups is 1. The molecule has 0 spiro atoms. The van der Waals surface area contributed by atoms with Crippen LogP contribution in [-0.2, 0) is 10.0 Å². The van der Waals surface area contributed by atoms with Crippen LogP contribution in [0.4, 0.5) is 4.39 Å². The van der Waals surface area contributed by atoms with Gasteiger partial charge in [0, 0.05) is 11.3 Å². The molecule has 0 amide bonds. The van der Waals surface area contributed by atoms with Crippen LogP contribution in [0.1, 0.15) is 31.2 Å². The van der Waals surface area contributed by atoms with Crippen LogP contribution in [0.25, 0.3) is 0 Å². The summed E-state index contributed by atoms with van der Waals surface area (Å²) < 4.78 is 40.4. The Balaban J connectivity index is 2.17. The third-order valence-electron chi connectivity index (χ3n) is 3.90. The summed E-state index contributed by atoms with van der Waals surface area (Å²) in [5, 5.41) is 8.78. The van der Waals surface area contributed by atoms with Crippen molar-refractivity contribution >= 4 is 21.8 Å². The molecule has 21 heavy (non-hydrogen) atoms. The highest BCUT2D eigenvalue weighted by Gasteiger charge is 2.34. The minimum Gasteiger partial charge on any atom is -0.210 e. The van der Waals surface area contributed by atoms with Gasteiger partial charge in [0.2, 0.25) is 10.0 Å². The molecule has 0 bridgehead atoms. The SMILES string of the molecule is CSC1(CNS(=O)(=O)c2ccc(F)c(C#N)c2)CCCC1. The Kier molecular flexibility index (Phi) is 4.91.